The molecule has 1 N–H and O–H groups in total. The van der Waals surface area contributed by atoms with E-state index in [0.717, 1.165) is 5.56 Å². The van der Waals surface area contributed by atoms with Gasteiger partial charge in [-0.2, -0.15) is 4.31 Å². The van der Waals surface area contributed by atoms with E-state index in [1.165, 1.54) is 4.31 Å². The fraction of sp³-hybridized carbons (Fsp3) is 0.500. The van der Waals surface area contributed by atoms with Gasteiger partial charge < -0.3 is 19.3 Å². The van der Waals surface area contributed by atoms with Gasteiger partial charge in [-0.15, -0.1) is 0 Å². The Morgan fingerprint density at radius 1 is 1.16 bits per heavy atom. The molecule has 1 saturated heterocycles. The van der Waals surface area contributed by atoms with Crippen LogP contribution in [-0.4, -0.2) is 67.7 Å². The lowest BCUT2D eigenvalue weighted by atomic mass is 10.2. The third-order valence-electron chi connectivity index (χ3n) is 5.67. The van der Waals surface area contributed by atoms with Crippen LogP contribution < -0.4 is 14.8 Å². The number of benzene rings is 1. The molecule has 1 aromatic heterocycles. The normalized spacial score (nSPS) is 18.2. The largest absolute Gasteiger partial charge is 0.454 e. The van der Waals surface area contributed by atoms with Crippen LogP contribution in [0.3, 0.4) is 0 Å². The van der Waals surface area contributed by atoms with Gasteiger partial charge in [0.15, 0.2) is 17.3 Å². The molecule has 0 spiro atoms. The molecule has 0 aliphatic carbocycles. The average molecular weight is 451 g/mol. The topological polar surface area (TPSA) is 114 Å². The number of carbonyl (C=O) groups excluding carboxylic acids is 1. The summed E-state index contributed by atoms with van der Waals surface area (Å²) in [6, 6.07) is 5.19. The van der Waals surface area contributed by atoms with E-state index >= 15 is 0 Å². The predicted molar refractivity (Wildman–Crippen MR) is 110 cm³/mol. The fourth-order valence-corrected chi connectivity index (χ4v) is 5.57. The first-order valence-corrected chi connectivity index (χ1v) is 11.5. The molecule has 2 aromatic rings. The maximum absolute atomic E-state index is 12.9. The first kappa shape index (κ1) is 21.6. The van der Waals surface area contributed by atoms with Crippen molar-refractivity contribution in [3.05, 3.63) is 35.2 Å². The van der Waals surface area contributed by atoms with Crippen LogP contribution in [0.15, 0.2) is 27.6 Å². The van der Waals surface area contributed by atoms with Crippen LogP contribution in [-0.2, 0) is 21.4 Å². The van der Waals surface area contributed by atoms with Gasteiger partial charge in [-0.25, -0.2) is 8.42 Å². The number of nitrogens with zero attached hydrogens (tertiary/aromatic N) is 3. The number of ether oxygens (including phenoxy) is 2. The second-order valence-electron chi connectivity index (χ2n) is 7.67. The van der Waals surface area contributed by atoms with Crippen LogP contribution >= 0.6 is 0 Å². The average Bonchev–Trinajstić information content (AvgIpc) is 3.37. The van der Waals surface area contributed by atoms with Crippen LogP contribution in [0, 0.1) is 13.8 Å². The summed E-state index contributed by atoms with van der Waals surface area (Å²) in [5.74, 6) is 1.55. The Bertz CT molecular complexity index is 1060. The first-order valence-electron chi connectivity index (χ1n) is 10.1. The molecule has 11 heteroatoms. The molecule has 1 fully saturated rings. The van der Waals surface area contributed by atoms with E-state index in [0.29, 0.717) is 49.9 Å². The first-order chi connectivity index (χ1) is 14.8. The number of rotatable bonds is 6. The number of aromatic nitrogens is 1. The molecule has 0 saturated carbocycles. The van der Waals surface area contributed by atoms with E-state index in [4.69, 9.17) is 14.0 Å². The summed E-state index contributed by atoms with van der Waals surface area (Å²) in [4.78, 5) is 14.8. The zero-order chi connectivity index (χ0) is 22.2. The summed E-state index contributed by atoms with van der Waals surface area (Å²) in [6.45, 7) is 7.14. The number of piperazine rings is 1. The molecule has 3 heterocycles. The summed E-state index contributed by atoms with van der Waals surface area (Å²) in [6.07, 6.45) is 0. The second-order valence-corrected chi connectivity index (χ2v) is 9.55. The highest BCUT2D eigenvalue weighted by atomic mass is 32.2. The van der Waals surface area contributed by atoms with Crippen molar-refractivity contribution in [3.63, 3.8) is 0 Å². The number of nitrogens with one attached hydrogen (secondary N) is 1. The van der Waals surface area contributed by atoms with Crippen molar-refractivity contribution < 1.29 is 27.2 Å². The number of hydrogen-bond donors (Lipinski definition) is 1. The minimum absolute atomic E-state index is 0.111. The van der Waals surface area contributed by atoms with Crippen molar-refractivity contribution in [2.24, 2.45) is 0 Å². The Hall–Kier alpha value is -2.63. The quantitative estimate of drug-likeness (QED) is 0.694. The molecule has 0 radical (unpaired) electrons. The number of hydrogen-bond acceptors (Lipinski definition) is 8. The standard InChI is InChI=1S/C20H26N4O6S/c1-13-19(15(3)30-22-13)31(26,27)24-8-6-23(7-9-24)14(2)20(25)21-11-16-4-5-17-18(10-16)29-12-28-17/h4-5,10,14H,6-9,11-12H2,1-3H3,(H,21,25). The minimum Gasteiger partial charge on any atom is -0.454 e. The zero-order valence-electron chi connectivity index (χ0n) is 17.8. The van der Waals surface area contributed by atoms with E-state index in [1.54, 1.807) is 13.8 Å². The molecular formula is C20H26N4O6S. The maximum Gasteiger partial charge on any atom is 0.248 e. The number of sulfonamides is 1. The molecule has 1 amide bonds. The van der Waals surface area contributed by atoms with E-state index in [9.17, 15) is 13.2 Å². The third-order valence-corrected chi connectivity index (χ3v) is 7.81. The summed E-state index contributed by atoms with van der Waals surface area (Å²) >= 11 is 0. The zero-order valence-corrected chi connectivity index (χ0v) is 18.6. The monoisotopic (exact) mass is 450 g/mol. The van der Waals surface area contributed by atoms with Gasteiger partial charge >= 0.3 is 0 Å². The smallest absolute Gasteiger partial charge is 0.248 e. The van der Waals surface area contributed by atoms with Crippen LogP contribution in [0.25, 0.3) is 0 Å². The van der Waals surface area contributed by atoms with Crippen LogP contribution in [0.4, 0.5) is 0 Å². The molecule has 168 valence electrons. The van der Waals surface area contributed by atoms with Crippen LogP contribution in [0.5, 0.6) is 11.5 Å². The molecule has 4 rings (SSSR count). The Labute approximate surface area is 181 Å². The highest BCUT2D eigenvalue weighted by molar-refractivity contribution is 7.89. The molecule has 2 aliphatic heterocycles. The van der Waals surface area contributed by atoms with Gasteiger partial charge in [0.25, 0.3) is 0 Å². The molecular weight excluding hydrogens is 424 g/mol. The van der Waals surface area contributed by atoms with Crippen molar-refractivity contribution in [1.82, 2.24) is 19.7 Å². The van der Waals surface area contributed by atoms with Crippen LogP contribution in [0.1, 0.15) is 23.9 Å². The van der Waals surface area contributed by atoms with Crippen molar-refractivity contribution in [3.8, 4) is 11.5 Å². The number of amides is 1. The van der Waals surface area contributed by atoms with Gasteiger partial charge in [-0.1, -0.05) is 11.2 Å². The van der Waals surface area contributed by atoms with E-state index in [-0.39, 0.29) is 29.4 Å². The molecule has 1 atom stereocenters. The maximum atomic E-state index is 12.9. The molecule has 1 unspecified atom stereocenters. The van der Waals surface area contributed by atoms with Crippen molar-refractivity contribution >= 4 is 15.9 Å². The molecule has 10 nitrogen and oxygen atoms in total. The fourth-order valence-electron chi connectivity index (χ4n) is 3.86. The van der Waals surface area contributed by atoms with E-state index < -0.39 is 10.0 Å². The lowest BCUT2D eigenvalue weighted by Crippen LogP contribution is -2.54. The molecule has 31 heavy (non-hydrogen) atoms. The Morgan fingerprint density at radius 2 is 1.87 bits per heavy atom. The Balaban J connectivity index is 1.31. The summed E-state index contributed by atoms with van der Waals surface area (Å²) in [7, 11) is -3.67. The van der Waals surface area contributed by atoms with Gasteiger partial charge in [0.2, 0.25) is 22.7 Å². The summed E-state index contributed by atoms with van der Waals surface area (Å²) in [5.41, 5.74) is 1.27. The van der Waals surface area contributed by atoms with Gasteiger partial charge in [0.05, 0.1) is 6.04 Å². The van der Waals surface area contributed by atoms with Crippen LogP contribution in [0.2, 0.25) is 0 Å². The Morgan fingerprint density at radius 3 is 2.55 bits per heavy atom. The van der Waals surface area contributed by atoms with E-state index in [1.807, 2.05) is 30.0 Å². The molecule has 2 aliphatic rings. The van der Waals surface area contributed by atoms with Gasteiger partial charge in [-0.05, 0) is 38.5 Å². The minimum atomic E-state index is -3.67. The second kappa shape index (κ2) is 8.48. The lowest BCUT2D eigenvalue weighted by Gasteiger charge is -2.36. The highest BCUT2D eigenvalue weighted by Crippen LogP contribution is 2.32. The third kappa shape index (κ3) is 4.25. The van der Waals surface area contributed by atoms with E-state index in [2.05, 4.69) is 10.5 Å². The van der Waals surface area contributed by atoms with Crippen molar-refractivity contribution in [2.45, 2.75) is 38.3 Å². The molecule has 1 aromatic carbocycles. The van der Waals surface area contributed by atoms with Gasteiger partial charge in [-0.3, -0.25) is 9.69 Å². The SMILES string of the molecule is Cc1noc(C)c1S(=O)(=O)N1CCN(C(C)C(=O)NCc2ccc3c(c2)OCO3)CC1. The summed E-state index contributed by atoms with van der Waals surface area (Å²) < 4.78 is 43.0. The highest BCUT2D eigenvalue weighted by Gasteiger charge is 2.35. The lowest BCUT2D eigenvalue weighted by molar-refractivity contribution is -0.126. The Kier molecular flexibility index (Phi) is 5.91. The number of aryl methyl sites for hydroxylation is 2. The van der Waals surface area contributed by atoms with Crippen molar-refractivity contribution in [2.75, 3.05) is 33.0 Å². The number of fused-ring (bicyclic) bond motifs is 1. The number of carbonyl (C=O) groups is 1. The van der Waals surface area contributed by atoms with Crippen molar-refractivity contribution in [1.29, 1.82) is 0 Å². The van der Waals surface area contributed by atoms with Gasteiger partial charge in [0, 0.05) is 32.7 Å². The summed E-state index contributed by atoms with van der Waals surface area (Å²) in [5, 5.41) is 6.69. The predicted octanol–water partition coefficient (Wildman–Crippen LogP) is 1.03. The molecule has 0 bridgehead atoms. The van der Waals surface area contributed by atoms with Gasteiger partial charge in [0.1, 0.15) is 10.6 Å².